The van der Waals surface area contributed by atoms with Gasteiger partial charge in [-0.1, -0.05) is 0 Å². The zero-order valence-electron chi connectivity index (χ0n) is 5.78. The molecule has 5 heteroatoms. The van der Waals surface area contributed by atoms with Gasteiger partial charge in [-0.15, -0.1) is 12.4 Å². The van der Waals surface area contributed by atoms with E-state index in [2.05, 4.69) is 0 Å². The molecular weight excluding hydrogens is 174 g/mol. The van der Waals surface area contributed by atoms with Crippen LogP contribution in [0.1, 0.15) is 13.3 Å². The van der Waals surface area contributed by atoms with Crippen molar-refractivity contribution in [1.82, 2.24) is 0 Å². The number of hydrogen-bond donors (Lipinski definition) is 1. The van der Waals surface area contributed by atoms with Gasteiger partial charge in [0.1, 0.15) is 0 Å². The van der Waals surface area contributed by atoms with Crippen molar-refractivity contribution in [3.8, 4) is 0 Å². The molecule has 1 heterocycles. The van der Waals surface area contributed by atoms with Crippen LogP contribution in [0.3, 0.4) is 0 Å². The summed E-state index contributed by atoms with van der Waals surface area (Å²) in [6.07, 6.45) is 0.628. The van der Waals surface area contributed by atoms with Crippen molar-refractivity contribution in [3.63, 3.8) is 0 Å². The maximum Gasteiger partial charge on any atom is 0.154 e. The number of sulfone groups is 1. The minimum Gasteiger partial charge on any atom is -0.327 e. The van der Waals surface area contributed by atoms with Crippen molar-refractivity contribution in [1.29, 1.82) is 0 Å². The summed E-state index contributed by atoms with van der Waals surface area (Å²) in [6, 6.07) is -0.130. The van der Waals surface area contributed by atoms with E-state index in [1.807, 2.05) is 0 Å². The second kappa shape index (κ2) is 3.07. The smallest absolute Gasteiger partial charge is 0.154 e. The Labute approximate surface area is 67.3 Å². The molecule has 1 rings (SSSR count). The largest absolute Gasteiger partial charge is 0.327 e. The van der Waals surface area contributed by atoms with Crippen molar-refractivity contribution in [3.05, 3.63) is 0 Å². The summed E-state index contributed by atoms with van der Waals surface area (Å²) < 4.78 is 21.8. The zero-order valence-corrected chi connectivity index (χ0v) is 7.41. The summed E-state index contributed by atoms with van der Waals surface area (Å²) in [5, 5.41) is -0.322. The molecule has 1 aliphatic heterocycles. The molecule has 0 aliphatic carbocycles. The Balaban J connectivity index is 0.000000810. The molecule has 0 aromatic heterocycles. The van der Waals surface area contributed by atoms with Crippen LogP contribution in [0.15, 0.2) is 0 Å². The van der Waals surface area contributed by atoms with E-state index in [9.17, 15) is 8.42 Å². The van der Waals surface area contributed by atoms with Crippen LogP contribution in [0, 0.1) is 0 Å². The van der Waals surface area contributed by atoms with E-state index in [4.69, 9.17) is 5.73 Å². The van der Waals surface area contributed by atoms with Crippen LogP contribution < -0.4 is 5.73 Å². The van der Waals surface area contributed by atoms with Gasteiger partial charge in [-0.05, 0) is 13.3 Å². The van der Waals surface area contributed by atoms with Crippen molar-refractivity contribution in [2.24, 2.45) is 5.73 Å². The third kappa shape index (κ3) is 1.62. The summed E-state index contributed by atoms with van der Waals surface area (Å²) in [5.41, 5.74) is 5.47. The van der Waals surface area contributed by atoms with E-state index in [1.165, 1.54) is 0 Å². The van der Waals surface area contributed by atoms with Gasteiger partial charge in [-0.2, -0.15) is 0 Å². The molecule has 2 N–H and O–H groups in total. The van der Waals surface area contributed by atoms with Crippen molar-refractivity contribution in [2.45, 2.75) is 24.6 Å². The summed E-state index contributed by atoms with van der Waals surface area (Å²) in [5.74, 6) is 0.273. The maximum atomic E-state index is 10.9. The highest BCUT2D eigenvalue weighted by Crippen LogP contribution is 2.17. The molecule has 2 atom stereocenters. The first-order chi connectivity index (χ1) is 4.04. The molecule has 0 aromatic rings. The first kappa shape index (κ1) is 10.2. The Kier molecular flexibility index (Phi) is 3.13. The van der Waals surface area contributed by atoms with Crippen LogP contribution in [-0.4, -0.2) is 25.5 Å². The fraction of sp³-hybridized carbons (Fsp3) is 1.00. The second-order valence-electron chi connectivity index (χ2n) is 2.52. The topological polar surface area (TPSA) is 60.2 Å². The average molecular weight is 186 g/mol. The molecular formula is C5H12ClNO2S. The first-order valence-electron chi connectivity index (χ1n) is 3.01. The van der Waals surface area contributed by atoms with Crippen molar-refractivity contribution < 1.29 is 8.42 Å². The van der Waals surface area contributed by atoms with Gasteiger partial charge in [0.2, 0.25) is 0 Å². The van der Waals surface area contributed by atoms with E-state index in [0.29, 0.717) is 6.42 Å². The molecule has 0 amide bonds. The van der Waals surface area contributed by atoms with Gasteiger partial charge in [-0.25, -0.2) is 8.42 Å². The SMILES string of the molecule is C[C@@H]1[C@H](N)CCS1(=O)=O.Cl. The van der Waals surface area contributed by atoms with Gasteiger partial charge in [-0.3, -0.25) is 0 Å². The normalized spacial score (nSPS) is 37.0. The Morgan fingerprint density at radius 1 is 1.50 bits per heavy atom. The predicted octanol–water partition coefficient (Wildman–Crippen LogP) is -0.0575. The monoisotopic (exact) mass is 185 g/mol. The quantitative estimate of drug-likeness (QED) is 0.576. The molecule has 10 heavy (non-hydrogen) atoms. The number of rotatable bonds is 0. The summed E-state index contributed by atoms with van der Waals surface area (Å²) in [7, 11) is -2.80. The lowest BCUT2D eigenvalue weighted by Crippen LogP contribution is -2.30. The standard InChI is InChI=1S/C5H11NO2S.ClH/c1-4-5(6)2-3-9(4,7)8;/h4-5H,2-3,6H2,1H3;1H/t4-,5-;/m1./s1. The lowest BCUT2D eigenvalue weighted by Gasteiger charge is -2.05. The second-order valence-corrected chi connectivity index (χ2v) is 5.00. The van der Waals surface area contributed by atoms with Crippen LogP contribution in [0.25, 0.3) is 0 Å². The highest BCUT2D eigenvalue weighted by molar-refractivity contribution is 7.92. The summed E-state index contributed by atoms with van der Waals surface area (Å²) >= 11 is 0. The lowest BCUT2D eigenvalue weighted by atomic mass is 10.2. The molecule has 1 fully saturated rings. The predicted molar refractivity (Wildman–Crippen MR) is 43.1 cm³/mol. The van der Waals surface area contributed by atoms with E-state index in [-0.39, 0.29) is 29.5 Å². The maximum absolute atomic E-state index is 10.9. The molecule has 0 radical (unpaired) electrons. The summed E-state index contributed by atoms with van der Waals surface area (Å²) in [6.45, 7) is 1.67. The van der Waals surface area contributed by atoms with Crippen molar-refractivity contribution >= 4 is 22.2 Å². The zero-order chi connectivity index (χ0) is 7.07. The van der Waals surface area contributed by atoms with E-state index in [1.54, 1.807) is 6.92 Å². The fourth-order valence-electron chi connectivity index (χ4n) is 0.987. The Morgan fingerprint density at radius 3 is 2.10 bits per heavy atom. The third-order valence-corrected chi connectivity index (χ3v) is 4.19. The van der Waals surface area contributed by atoms with Crippen LogP contribution >= 0.6 is 12.4 Å². The molecule has 1 saturated heterocycles. The summed E-state index contributed by atoms with van der Waals surface area (Å²) in [4.78, 5) is 0. The number of nitrogens with two attached hydrogens (primary N) is 1. The van der Waals surface area contributed by atoms with Gasteiger partial charge >= 0.3 is 0 Å². The average Bonchev–Trinajstić information content (AvgIpc) is 1.97. The highest BCUT2D eigenvalue weighted by Gasteiger charge is 2.33. The van der Waals surface area contributed by atoms with Gasteiger partial charge in [0, 0.05) is 6.04 Å². The van der Waals surface area contributed by atoms with Crippen LogP contribution in [0.4, 0.5) is 0 Å². The minimum atomic E-state index is -2.80. The number of halogens is 1. The van der Waals surface area contributed by atoms with Crippen LogP contribution in [0.5, 0.6) is 0 Å². The molecule has 0 unspecified atom stereocenters. The van der Waals surface area contributed by atoms with E-state index >= 15 is 0 Å². The molecule has 0 aromatic carbocycles. The first-order valence-corrected chi connectivity index (χ1v) is 4.73. The van der Waals surface area contributed by atoms with Crippen LogP contribution in [0.2, 0.25) is 0 Å². The molecule has 0 spiro atoms. The minimum absolute atomic E-state index is 0. The Morgan fingerprint density at radius 2 is 2.00 bits per heavy atom. The van der Waals surface area contributed by atoms with E-state index < -0.39 is 9.84 Å². The Bertz CT molecular complexity index is 202. The molecule has 62 valence electrons. The molecule has 1 aliphatic rings. The molecule has 0 saturated carbocycles. The van der Waals surface area contributed by atoms with E-state index in [0.717, 1.165) is 0 Å². The van der Waals surface area contributed by atoms with Gasteiger partial charge in [0.15, 0.2) is 9.84 Å². The van der Waals surface area contributed by atoms with Gasteiger partial charge in [0.25, 0.3) is 0 Å². The highest BCUT2D eigenvalue weighted by atomic mass is 35.5. The van der Waals surface area contributed by atoms with Crippen molar-refractivity contribution in [2.75, 3.05) is 5.75 Å². The fourth-order valence-corrected chi connectivity index (χ4v) is 2.63. The van der Waals surface area contributed by atoms with Gasteiger partial charge in [0.05, 0.1) is 11.0 Å². The lowest BCUT2D eigenvalue weighted by molar-refractivity contribution is 0.586. The van der Waals surface area contributed by atoms with Gasteiger partial charge < -0.3 is 5.73 Å². The Hall–Kier alpha value is 0.200. The molecule has 0 bridgehead atoms. The van der Waals surface area contributed by atoms with Crippen LogP contribution in [-0.2, 0) is 9.84 Å². The molecule has 3 nitrogen and oxygen atoms in total. The third-order valence-electron chi connectivity index (χ3n) is 1.91. The number of hydrogen-bond acceptors (Lipinski definition) is 3.